The minimum atomic E-state index is -0.924. The van der Waals surface area contributed by atoms with Crippen LogP contribution in [-0.2, 0) is 16.9 Å². The maximum Gasteiger partial charge on any atom is 0.106 e. The number of nitrogens with zero attached hydrogens (tertiary/aromatic N) is 2. The van der Waals surface area contributed by atoms with E-state index in [4.69, 9.17) is 4.74 Å². The molecule has 1 aromatic heterocycles. The van der Waals surface area contributed by atoms with Crippen LogP contribution in [0.4, 0.5) is 0 Å². The van der Waals surface area contributed by atoms with Crippen LogP contribution in [0.3, 0.4) is 0 Å². The molecule has 0 aliphatic rings. The third-order valence-corrected chi connectivity index (χ3v) is 3.73. The van der Waals surface area contributed by atoms with Gasteiger partial charge in [-0.25, -0.2) is 0 Å². The number of rotatable bonds is 9. The van der Waals surface area contributed by atoms with E-state index in [1.165, 1.54) is 0 Å². The summed E-state index contributed by atoms with van der Waals surface area (Å²) in [6, 6.07) is 0. The molecule has 2 N–H and O–H groups in total. The summed E-state index contributed by atoms with van der Waals surface area (Å²) in [6.45, 7) is 9.10. The quantitative estimate of drug-likeness (QED) is 0.672. The zero-order valence-corrected chi connectivity index (χ0v) is 14.4. The Morgan fingerprint density at radius 2 is 2.25 bits per heavy atom. The Bertz CT molecular complexity index is 405. The highest BCUT2D eigenvalue weighted by atomic mass is 79.9. The summed E-state index contributed by atoms with van der Waals surface area (Å²) in [4.78, 5) is 0. The number of methoxy groups -OCH3 is 1. The number of halogens is 1. The largest absolute Gasteiger partial charge is 0.384 e. The molecule has 0 bridgehead atoms. The molecule has 6 heteroatoms. The van der Waals surface area contributed by atoms with Gasteiger partial charge in [0, 0.05) is 7.11 Å². The standard InChI is InChI=1S/C14H26BrN3O2/c1-11(2)9-16-6-5-14(3,19)13-12(15)10-17-18(13)7-8-20-4/h10-11,16,19H,5-9H2,1-4H3. The number of hydrogen-bond donors (Lipinski definition) is 2. The lowest BCUT2D eigenvalue weighted by atomic mass is 9.98. The Morgan fingerprint density at radius 1 is 1.55 bits per heavy atom. The van der Waals surface area contributed by atoms with Gasteiger partial charge in [-0.1, -0.05) is 13.8 Å². The summed E-state index contributed by atoms with van der Waals surface area (Å²) in [5.41, 5.74) is -0.117. The third kappa shape index (κ3) is 5.16. The minimum Gasteiger partial charge on any atom is -0.384 e. The van der Waals surface area contributed by atoms with E-state index in [0.717, 1.165) is 23.3 Å². The lowest BCUT2D eigenvalue weighted by molar-refractivity contribution is 0.0361. The fraction of sp³-hybridized carbons (Fsp3) is 0.786. The highest BCUT2D eigenvalue weighted by Gasteiger charge is 2.29. The van der Waals surface area contributed by atoms with E-state index >= 15 is 0 Å². The van der Waals surface area contributed by atoms with Gasteiger partial charge in [-0.15, -0.1) is 0 Å². The maximum absolute atomic E-state index is 10.7. The van der Waals surface area contributed by atoms with Gasteiger partial charge in [0.15, 0.2) is 0 Å². The molecule has 0 aromatic carbocycles. The molecule has 5 nitrogen and oxygen atoms in total. The second kappa shape index (κ2) is 8.12. The van der Waals surface area contributed by atoms with Gasteiger partial charge in [-0.05, 0) is 48.3 Å². The van der Waals surface area contributed by atoms with Crippen LogP contribution in [0.5, 0.6) is 0 Å². The van der Waals surface area contributed by atoms with E-state index in [1.54, 1.807) is 18.0 Å². The number of aromatic nitrogens is 2. The average Bonchev–Trinajstić information content (AvgIpc) is 2.74. The van der Waals surface area contributed by atoms with Crippen LogP contribution in [0.15, 0.2) is 10.7 Å². The Kier molecular flexibility index (Phi) is 7.15. The van der Waals surface area contributed by atoms with Crippen molar-refractivity contribution in [2.45, 2.75) is 39.3 Å². The van der Waals surface area contributed by atoms with E-state index in [-0.39, 0.29) is 0 Å². The Morgan fingerprint density at radius 3 is 2.85 bits per heavy atom. The molecular weight excluding hydrogens is 322 g/mol. The normalized spacial score (nSPS) is 14.8. The molecule has 1 rings (SSSR count). The first kappa shape index (κ1) is 17.6. The molecule has 1 aromatic rings. The van der Waals surface area contributed by atoms with Gasteiger partial charge < -0.3 is 15.2 Å². The summed E-state index contributed by atoms with van der Waals surface area (Å²) < 4.78 is 7.71. The molecule has 1 heterocycles. The fourth-order valence-corrected chi connectivity index (χ4v) is 2.81. The van der Waals surface area contributed by atoms with Crippen molar-refractivity contribution in [3.8, 4) is 0 Å². The van der Waals surface area contributed by atoms with Crippen molar-refractivity contribution in [1.29, 1.82) is 0 Å². The van der Waals surface area contributed by atoms with Crippen LogP contribution in [-0.4, -0.2) is 41.7 Å². The first-order valence-electron chi connectivity index (χ1n) is 7.02. The van der Waals surface area contributed by atoms with Crippen molar-refractivity contribution in [3.63, 3.8) is 0 Å². The molecular formula is C14H26BrN3O2. The molecule has 116 valence electrons. The Balaban J connectivity index is 2.67. The number of hydrogen-bond acceptors (Lipinski definition) is 4. The molecule has 0 saturated heterocycles. The summed E-state index contributed by atoms with van der Waals surface area (Å²) in [6.07, 6.45) is 2.36. The molecule has 0 radical (unpaired) electrons. The highest BCUT2D eigenvalue weighted by Crippen LogP contribution is 2.30. The van der Waals surface area contributed by atoms with Crippen LogP contribution >= 0.6 is 15.9 Å². The predicted molar refractivity (Wildman–Crippen MR) is 83.7 cm³/mol. The Hall–Kier alpha value is -0.430. The first-order valence-corrected chi connectivity index (χ1v) is 7.81. The minimum absolute atomic E-state index is 0.572. The third-order valence-electron chi connectivity index (χ3n) is 3.15. The van der Waals surface area contributed by atoms with Crippen molar-refractivity contribution >= 4 is 15.9 Å². The van der Waals surface area contributed by atoms with Gasteiger partial charge in [0.05, 0.1) is 29.5 Å². The molecule has 1 atom stereocenters. The van der Waals surface area contributed by atoms with Gasteiger partial charge in [0.1, 0.15) is 5.60 Å². The predicted octanol–water partition coefficient (Wildman–Crippen LogP) is 2.14. The smallest absolute Gasteiger partial charge is 0.106 e. The molecule has 0 amide bonds. The van der Waals surface area contributed by atoms with E-state index in [2.05, 4.69) is 40.2 Å². The van der Waals surface area contributed by atoms with Crippen LogP contribution in [0.25, 0.3) is 0 Å². The van der Waals surface area contributed by atoms with Gasteiger partial charge in [0.2, 0.25) is 0 Å². The van der Waals surface area contributed by atoms with Crippen LogP contribution in [0, 0.1) is 5.92 Å². The van der Waals surface area contributed by atoms with E-state index in [9.17, 15) is 5.11 Å². The van der Waals surface area contributed by atoms with Gasteiger partial charge in [0.25, 0.3) is 0 Å². The Labute approximate surface area is 129 Å². The lowest BCUT2D eigenvalue weighted by Gasteiger charge is -2.25. The summed E-state index contributed by atoms with van der Waals surface area (Å²) >= 11 is 3.47. The molecule has 0 fully saturated rings. The van der Waals surface area contributed by atoms with Crippen molar-refractivity contribution in [2.24, 2.45) is 5.92 Å². The maximum atomic E-state index is 10.7. The van der Waals surface area contributed by atoms with Crippen molar-refractivity contribution < 1.29 is 9.84 Å². The van der Waals surface area contributed by atoms with Crippen LogP contribution < -0.4 is 5.32 Å². The van der Waals surface area contributed by atoms with Gasteiger partial charge in [-0.3, -0.25) is 4.68 Å². The second-order valence-electron chi connectivity index (χ2n) is 5.68. The molecule has 0 aliphatic carbocycles. The summed E-state index contributed by atoms with van der Waals surface area (Å²) in [7, 11) is 1.66. The molecule has 1 unspecified atom stereocenters. The van der Waals surface area contributed by atoms with Gasteiger partial charge >= 0.3 is 0 Å². The van der Waals surface area contributed by atoms with Crippen molar-refractivity contribution in [2.75, 3.05) is 26.8 Å². The highest BCUT2D eigenvalue weighted by molar-refractivity contribution is 9.10. The molecule has 20 heavy (non-hydrogen) atoms. The van der Waals surface area contributed by atoms with Crippen LogP contribution in [0.1, 0.15) is 32.9 Å². The fourth-order valence-electron chi connectivity index (χ4n) is 2.09. The number of ether oxygens (including phenoxy) is 1. The van der Waals surface area contributed by atoms with Crippen molar-refractivity contribution in [1.82, 2.24) is 15.1 Å². The number of aliphatic hydroxyl groups is 1. The summed E-state index contributed by atoms with van der Waals surface area (Å²) in [5.74, 6) is 0.610. The molecule has 0 aliphatic heterocycles. The zero-order chi connectivity index (χ0) is 15.2. The number of nitrogens with one attached hydrogen (secondary N) is 1. The molecule has 0 saturated carbocycles. The average molecular weight is 348 g/mol. The molecule has 0 spiro atoms. The first-order chi connectivity index (χ1) is 9.38. The van der Waals surface area contributed by atoms with Gasteiger partial charge in [-0.2, -0.15) is 5.10 Å². The van der Waals surface area contributed by atoms with E-state index < -0.39 is 5.60 Å². The van der Waals surface area contributed by atoms with Crippen molar-refractivity contribution in [3.05, 3.63) is 16.4 Å². The van der Waals surface area contributed by atoms with E-state index in [1.807, 2.05) is 6.92 Å². The zero-order valence-electron chi connectivity index (χ0n) is 12.8. The summed E-state index contributed by atoms with van der Waals surface area (Å²) in [5, 5.41) is 18.4. The topological polar surface area (TPSA) is 59.3 Å². The second-order valence-corrected chi connectivity index (χ2v) is 6.53. The van der Waals surface area contributed by atoms with E-state index in [0.29, 0.717) is 25.5 Å². The SMILES string of the molecule is COCCn1ncc(Br)c1C(C)(O)CCNCC(C)C. The lowest BCUT2D eigenvalue weighted by Crippen LogP contribution is -2.32. The van der Waals surface area contributed by atoms with Crippen LogP contribution in [0.2, 0.25) is 0 Å². The monoisotopic (exact) mass is 347 g/mol.